The Bertz CT molecular complexity index is 453. The minimum atomic E-state index is -0.218. The predicted molar refractivity (Wildman–Crippen MR) is 60.8 cm³/mol. The number of fused-ring (bicyclic) bond motifs is 1. The van der Waals surface area contributed by atoms with Gasteiger partial charge in [0.05, 0.1) is 0 Å². The molecule has 3 nitrogen and oxygen atoms in total. The minimum Gasteiger partial charge on any atom is -0.466 e. The van der Waals surface area contributed by atoms with Gasteiger partial charge in [-0.05, 0) is 24.6 Å². The molecule has 0 aromatic heterocycles. The van der Waals surface area contributed by atoms with Gasteiger partial charge in [-0.25, -0.2) is 0 Å². The van der Waals surface area contributed by atoms with Gasteiger partial charge < -0.3 is 9.64 Å². The number of rotatable bonds is 1. The van der Waals surface area contributed by atoms with Crippen LogP contribution >= 0.6 is 0 Å². The Balaban J connectivity index is 1.85. The summed E-state index contributed by atoms with van der Waals surface area (Å²) in [6.07, 6.45) is 5.34. The molecule has 1 fully saturated rings. The van der Waals surface area contributed by atoms with Gasteiger partial charge >= 0.3 is 0 Å². The molecule has 0 N–H and O–H groups in total. The van der Waals surface area contributed by atoms with Gasteiger partial charge in [0, 0.05) is 18.5 Å². The first kappa shape index (κ1) is 9.46. The molecule has 2 aliphatic rings. The Morgan fingerprint density at radius 3 is 3.00 bits per heavy atom. The molecule has 2 aliphatic heterocycles. The lowest BCUT2D eigenvalue weighted by Gasteiger charge is -2.28. The summed E-state index contributed by atoms with van der Waals surface area (Å²) >= 11 is 0. The van der Waals surface area contributed by atoms with Crippen LogP contribution in [0, 0.1) is 0 Å². The second-order valence-corrected chi connectivity index (χ2v) is 4.10. The molecular weight excluding hydrogens is 202 g/mol. The molecule has 1 amide bonds. The summed E-state index contributed by atoms with van der Waals surface area (Å²) in [5.41, 5.74) is 1.07. The monoisotopic (exact) mass is 215 g/mol. The van der Waals surface area contributed by atoms with Crippen LogP contribution in [0.1, 0.15) is 18.4 Å². The van der Waals surface area contributed by atoms with Crippen molar-refractivity contribution in [2.75, 3.05) is 6.54 Å². The summed E-state index contributed by atoms with van der Waals surface area (Å²) in [6, 6.07) is 7.87. The standard InChI is InChI=1S/C13H13NO2/c15-12-6-3-9-14(12)13-8-7-10-4-1-2-5-11(10)16-13/h1-2,4-5,7-8,13H,3,6,9H2. The Labute approximate surface area is 94.3 Å². The van der Waals surface area contributed by atoms with Crippen molar-refractivity contribution in [3.63, 3.8) is 0 Å². The third kappa shape index (κ3) is 1.48. The van der Waals surface area contributed by atoms with Gasteiger partial charge in [0.15, 0.2) is 6.23 Å². The van der Waals surface area contributed by atoms with E-state index >= 15 is 0 Å². The van der Waals surface area contributed by atoms with Gasteiger partial charge in [-0.2, -0.15) is 0 Å². The summed E-state index contributed by atoms with van der Waals surface area (Å²) < 4.78 is 5.80. The minimum absolute atomic E-state index is 0.189. The molecule has 0 bridgehead atoms. The Morgan fingerprint density at radius 2 is 2.19 bits per heavy atom. The second kappa shape index (κ2) is 3.67. The number of para-hydroxylation sites is 1. The number of carbonyl (C=O) groups is 1. The predicted octanol–water partition coefficient (Wildman–Crippen LogP) is 2.04. The van der Waals surface area contributed by atoms with Gasteiger partial charge in [-0.1, -0.05) is 18.2 Å². The van der Waals surface area contributed by atoms with Crippen molar-refractivity contribution in [3.05, 3.63) is 35.9 Å². The first-order valence-corrected chi connectivity index (χ1v) is 5.58. The Hall–Kier alpha value is -1.77. The number of ether oxygens (including phenoxy) is 1. The van der Waals surface area contributed by atoms with Crippen LogP contribution in [0.25, 0.3) is 6.08 Å². The van der Waals surface area contributed by atoms with E-state index in [1.165, 1.54) is 0 Å². The number of benzene rings is 1. The largest absolute Gasteiger partial charge is 0.466 e. The fourth-order valence-electron chi connectivity index (χ4n) is 2.19. The quantitative estimate of drug-likeness (QED) is 0.717. The number of nitrogens with zero attached hydrogens (tertiary/aromatic N) is 1. The third-order valence-corrected chi connectivity index (χ3v) is 3.02. The fourth-order valence-corrected chi connectivity index (χ4v) is 2.19. The van der Waals surface area contributed by atoms with Crippen molar-refractivity contribution in [2.45, 2.75) is 19.1 Å². The molecule has 1 aromatic rings. The lowest BCUT2D eigenvalue weighted by atomic mass is 10.1. The van der Waals surface area contributed by atoms with Gasteiger partial charge in [-0.3, -0.25) is 4.79 Å². The molecule has 1 aromatic carbocycles. The van der Waals surface area contributed by atoms with E-state index in [-0.39, 0.29) is 12.1 Å². The number of hydrogen-bond acceptors (Lipinski definition) is 2. The molecule has 2 heterocycles. The van der Waals surface area contributed by atoms with E-state index in [1.54, 1.807) is 4.90 Å². The number of hydrogen-bond donors (Lipinski definition) is 0. The molecule has 3 rings (SSSR count). The average molecular weight is 215 g/mol. The molecule has 0 aliphatic carbocycles. The lowest BCUT2D eigenvalue weighted by molar-refractivity contribution is -0.132. The topological polar surface area (TPSA) is 29.5 Å². The van der Waals surface area contributed by atoms with Gasteiger partial charge in [0.25, 0.3) is 0 Å². The van der Waals surface area contributed by atoms with Crippen LogP contribution in [-0.4, -0.2) is 23.6 Å². The van der Waals surface area contributed by atoms with Crippen molar-refractivity contribution in [3.8, 4) is 5.75 Å². The van der Waals surface area contributed by atoms with Crippen molar-refractivity contribution < 1.29 is 9.53 Å². The van der Waals surface area contributed by atoms with Crippen LogP contribution in [0.3, 0.4) is 0 Å². The highest BCUT2D eigenvalue weighted by molar-refractivity contribution is 5.79. The molecule has 16 heavy (non-hydrogen) atoms. The van der Waals surface area contributed by atoms with Gasteiger partial charge in [-0.15, -0.1) is 0 Å². The smallest absolute Gasteiger partial charge is 0.225 e. The molecular formula is C13H13NO2. The highest BCUT2D eigenvalue weighted by Crippen LogP contribution is 2.28. The summed E-state index contributed by atoms with van der Waals surface area (Å²) in [6.45, 7) is 0.802. The highest BCUT2D eigenvalue weighted by Gasteiger charge is 2.29. The van der Waals surface area contributed by atoms with E-state index in [1.807, 2.05) is 36.4 Å². The molecule has 82 valence electrons. The number of amides is 1. The Morgan fingerprint density at radius 1 is 1.31 bits per heavy atom. The van der Waals surface area contributed by atoms with Crippen LogP contribution in [0.15, 0.2) is 30.3 Å². The zero-order valence-electron chi connectivity index (χ0n) is 8.93. The molecule has 0 radical (unpaired) electrons. The number of carbonyl (C=O) groups excluding carboxylic acids is 1. The zero-order valence-corrected chi connectivity index (χ0v) is 8.93. The second-order valence-electron chi connectivity index (χ2n) is 4.10. The molecule has 3 heteroatoms. The van der Waals surface area contributed by atoms with Gasteiger partial charge in [0.2, 0.25) is 5.91 Å². The maximum absolute atomic E-state index is 11.6. The first-order valence-electron chi connectivity index (χ1n) is 5.58. The maximum atomic E-state index is 11.6. The van der Waals surface area contributed by atoms with Crippen LogP contribution < -0.4 is 4.74 Å². The summed E-state index contributed by atoms with van der Waals surface area (Å²) in [5, 5.41) is 0. The molecule has 1 saturated heterocycles. The Kier molecular flexibility index (Phi) is 2.17. The van der Waals surface area contributed by atoms with Crippen molar-refractivity contribution in [1.82, 2.24) is 4.90 Å². The lowest BCUT2D eigenvalue weighted by Crippen LogP contribution is -2.39. The van der Waals surface area contributed by atoms with E-state index in [2.05, 4.69) is 0 Å². The van der Waals surface area contributed by atoms with E-state index in [0.29, 0.717) is 6.42 Å². The van der Waals surface area contributed by atoms with Crippen molar-refractivity contribution in [2.24, 2.45) is 0 Å². The summed E-state index contributed by atoms with van der Waals surface area (Å²) in [5.74, 6) is 1.05. The zero-order chi connectivity index (χ0) is 11.0. The molecule has 1 atom stereocenters. The summed E-state index contributed by atoms with van der Waals surface area (Å²) in [4.78, 5) is 13.4. The fraction of sp³-hybridized carbons (Fsp3) is 0.308. The average Bonchev–Trinajstić information content (AvgIpc) is 2.75. The van der Waals surface area contributed by atoms with E-state index in [4.69, 9.17) is 4.74 Å². The van der Waals surface area contributed by atoms with E-state index in [0.717, 1.165) is 24.3 Å². The van der Waals surface area contributed by atoms with Crippen LogP contribution in [0.4, 0.5) is 0 Å². The molecule has 0 saturated carbocycles. The van der Waals surface area contributed by atoms with Crippen LogP contribution in [0.5, 0.6) is 5.75 Å². The highest BCUT2D eigenvalue weighted by atomic mass is 16.5. The van der Waals surface area contributed by atoms with E-state index < -0.39 is 0 Å². The van der Waals surface area contributed by atoms with Crippen LogP contribution in [0.2, 0.25) is 0 Å². The van der Waals surface area contributed by atoms with Gasteiger partial charge in [0.1, 0.15) is 5.75 Å². The molecule has 1 unspecified atom stereocenters. The maximum Gasteiger partial charge on any atom is 0.225 e. The molecule has 0 spiro atoms. The SMILES string of the molecule is O=C1CCCN1C1C=Cc2ccccc2O1. The third-order valence-electron chi connectivity index (χ3n) is 3.02. The van der Waals surface area contributed by atoms with Crippen molar-refractivity contribution >= 4 is 12.0 Å². The normalized spacial score (nSPS) is 23.1. The first-order chi connectivity index (χ1) is 7.84. The number of likely N-dealkylation sites (tertiary alicyclic amines) is 1. The summed E-state index contributed by atoms with van der Waals surface area (Å²) in [7, 11) is 0. The van der Waals surface area contributed by atoms with E-state index in [9.17, 15) is 4.79 Å². The van der Waals surface area contributed by atoms with Crippen molar-refractivity contribution in [1.29, 1.82) is 0 Å². The van der Waals surface area contributed by atoms with Crippen LogP contribution in [-0.2, 0) is 4.79 Å².